The first-order chi connectivity index (χ1) is 17.5. The molecule has 0 heterocycles. The van der Waals surface area contributed by atoms with Crippen LogP contribution in [0.2, 0.25) is 0 Å². The van der Waals surface area contributed by atoms with Crippen molar-refractivity contribution in [2.45, 2.75) is 13.5 Å². The third-order valence-electron chi connectivity index (χ3n) is 5.32. The van der Waals surface area contributed by atoms with Gasteiger partial charge in [0.25, 0.3) is 5.91 Å². The van der Waals surface area contributed by atoms with Gasteiger partial charge >= 0.3 is 0 Å². The number of hydrazone groups is 1. The highest BCUT2D eigenvalue weighted by molar-refractivity contribution is 14.1. The number of ether oxygens (including phenoxy) is 3. The van der Waals surface area contributed by atoms with Gasteiger partial charge in [0.15, 0.2) is 11.5 Å². The fraction of sp³-hybridized carbons (Fsp3) is 0.143. The zero-order valence-electron chi connectivity index (χ0n) is 19.8. The number of halogens is 2. The Hall–Kier alpha value is -3.66. The van der Waals surface area contributed by atoms with Crippen LogP contribution in [0, 0.1) is 9.39 Å². The van der Waals surface area contributed by atoms with Crippen molar-refractivity contribution in [3.05, 3.63) is 98.9 Å². The van der Waals surface area contributed by atoms with Crippen LogP contribution in [0.5, 0.6) is 17.2 Å². The van der Waals surface area contributed by atoms with Gasteiger partial charge < -0.3 is 14.2 Å². The van der Waals surface area contributed by atoms with Crippen LogP contribution in [0.15, 0.2) is 77.9 Å². The van der Waals surface area contributed by atoms with Crippen molar-refractivity contribution in [3.8, 4) is 17.2 Å². The lowest BCUT2D eigenvalue weighted by Crippen LogP contribution is -2.18. The number of amides is 1. The number of nitrogens with zero attached hydrogens (tertiary/aromatic N) is 1. The summed E-state index contributed by atoms with van der Waals surface area (Å²) in [5, 5.41) is 6.04. The number of nitrogens with one attached hydrogen (secondary N) is 1. The zero-order chi connectivity index (χ0) is 25.5. The number of carbonyl (C=O) groups excluding carboxylic acids is 1. The van der Waals surface area contributed by atoms with Crippen LogP contribution in [0.3, 0.4) is 0 Å². The zero-order valence-corrected chi connectivity index (χ0v) is 21.9. The number of hydrogen-bond donors (Lipinski definition) is 1. The van der Waals surface area contributed by atoms with E-state index in [9.17, 15) is 9.18 Å². The molecule has 0 bridgehead atoms. The topological polar surface area (TPSA) is 69.2 Å². The van der Waals surface area contributed by atoms with Crippen LogP contribution in [0.25, 0.3) is 10.8 Å². The summed E-state index contributed by atoms with van der Waals surface area (Å²) in [4.78, 5) is 12.8. The smallest absolute Gasteiger partial charge is 0.275 e. The molecule has 0 aliphatic carbocycles. The van der Waals surface area contributed by atoms with Crippen LogP contribution < -0.4 is 19.6 Å². The minimum Gasteiger partial charge on any atom is -0.496 e. The van der Waals surface area contributed by atoms with Gasteiger partial charge in [-0.1, -0.05) is 36.4 Å². The summed E-state index contributed by atoms with van der Waals surface area (Å²) in [6.45, 7) is 2.60. The van der Waals surface area contributed by atoms with Gasteiger partial charge in [-0.3, -0.25) is 4.79 Å². The van der Waals surface area contributed by atoms with Gasteiger partial charge in [-0.2, -0.15) is 5.10 Å². The largest absolute Gasteiger partial charge is 0.496 e. The van der Waals surface area contributed by atoms with E-state index in [4.69, 9.17) is 14.2 Å². The molecule has 6 nitrogen and oxygen atoms in total. The molecule has 4 rings (SSSR count). The predicted octanol–water partition coefficient (Wildman–Crippen LogP) is 6.33. The van der Waals surface area contributed by atoms with Gasteiger partial charge in [0.1, 0.15) is 18.2 Å². The highest BCUT2D eigenvalue weighted by Gasteiger charge is 2.14. The normalized spacial score (nSPS) is 11.0. The number of benzene rings is 4. The number of fused-ring (bicyclic) bond motifs is 1. The minimum atomic E-state index is -0.382. The van der Waals surface area contributed by atoms with E-state index in [0.717, 1.165) is 25.5 Å². The lowest BCUT2D eigenvalue weighted by molar-refractivity contribution is 0.0952. The Bertz CT molecular complexity index is 1410. The van der Waals surface area contributed by atoms with Crippen molar-refractivity contribution in [1.29, 1.82) is 0 Å². The summed E-state index contributed by atoms with van der Waals surface area (Å²) in [7, 11) is 1.53. The molecule has 0 fully saturated rings. The number of rotatable bonds is 9. The molecule has 4 aromatic carbocycles. The number of hydrogen-bond acceptors (Lipinski definition) is 5. The van der Waals surface area contributed by atoms with Crippen molar-refractivity contribution in [3.63, 3.8) is 0 Å². The molecule has 8 heteroatoms. The second kappa shape index (κ2) is 11.9. The summed E-state index contributed by atoms with van der Waals surface area (Å²) in [6.07, 6.45) is 1.54. The van der Waals surface area contributed by atoms with Crippen molar-refractivity contribution in [1.82, 2.24) is 5.43 Å². The summed E-state index contributed by atoms with van der Waals surface area (Å²) in [5.41, 5.74) is 4.52. The predicted molar refractivity (Wildman–Crippen MR) is 147 cm³/mol. The Labute approximate surface area is 222 Å². The van der Waals surface area contributed by atoms with E-state index in [1.54, 1.807) is 30.5 Å². The maximum Gasteiger partial charge on any atom is 0.275 e. The van der Waals surface area contributed by atoms with Gasteiger partial charge in [-0.05, 0) is 87.8 Å². The quantitative estimate of drug-likeness (QED) is 0.139. The van der Waals surface area contributed by atoms with Crippen molar-refractivity contribution in [2.24, 2.45) is 5.10 Å². The van der Waals surface area contributed by atoms with E-state index in [1.807, 2.05) is 43.3 Å². The molecule has 184 valence electrons. The third kappa shape index (κ3) is 6.12. The maximum atomic E-state index is 13.2. The fourth-order valence-corrected chi connectivity index (χ4v) is 4.37. The van der Waals surface area contributed by atoms with Crippen molar-refractivity contribution < 1.29 is 23.4 Å². The van der Waals surface area contributed by atoms with Gasteiger partial charge in [0, 0.05) is 0 Å². The molecule has 0 saturated heterocycles. The molecule has 0 spiro atoms. The van der Waals surface area contributed by atoms with E-state index in [-0.39, 0.29) is 18.3 Å². The maximum absolute atomic E-state index is 13.2. The van der Waals surface area contributed by atoms with E-state index in [1.165, 1.54) is 19.2 Å². The molecule has 0 unspecified atom stereocenters. The Kier molecular flexibility index (Phi) is 8.37. The molecule has 1 N–H and O–H groups in total. The average Bonchev–Trinajstić information content (AvgIpc) is 2.88. The molecule has 1 amide bonds. The second-order valence-electron chi connectivity index (χ2n) is 7.78. The first kappa shape index (κ1) is 25.4. The van der Waals surface area contributed by atoms with Gasteiger partial charge in [-0.25, -0.2) is 9.82 Å². The molecule has 0 aromatic heterocycles. The van der Waals surface area contributed by atoms with Crippen LogP contribution in [0.4, 0.5) is 4.39 Å². The van der Waals surface area contributed by atoms with Crippen LogP contribution in [0.1, 0.15) is 28.4 Å². The van der Waals surface area contributed by atoms with Gasteiger partial charge in [0.2, 0.25) is 0 Å². The lowest BCUT2D eigenvalue weighted by atomic mass is 10.1. The molecular weight excluding hydrogens is 574 g/mol. The van der Waals surface area contributed by atoms with Crippen LogP contribution in [-0.4, -0.2) is 25.8 Å². The molecule has 36 heavy (non-hydrogen) atoms. The SMILES string of the molecule is CCOc1cc(/C=N\NC(=O)c2cc3ccccc3cc2OC)cc(I)c1OCc1ccc(F)cc1. The first-order valence-electron chi connectivity index (χ1n) is 11.2. The van der Waals surface area contributed by atoms with Gasteiger partial charge in [-0.15, -0.1) is 0 Å². The monoisotopic (exact) mass is 598 g/mol. The second-order valence-corrected chi connectivity index (χ2v) is 8.94. The number of methoxy groups -OCH3 is 1. The Morgan fingerprint density at radius 2 is 1.72 bits per heavy atom. The molecule has 0 radical (unpaired) electrons. The van der Waals surface area contributed by atoms with Crippen molar-refractivity contribution >= 4 is 45.5 Å². The summed E-state index contributed by atoms with van der Waals surface area (Å²) < 4.78 is 31.1. The van der Waals surface area contributed by atoms with E-state index in [2.05, 4.69) is 33.1 Å². The highest BCUT2D eigenvalue weighted by atomic mass is 127. The average molecular weight is 598 g/mol. The molecule has 0 aliphatic rings. The minimum absolute atomic E-state index is 0.271. The summed E-state index contributed by atoms with van der Waals surface area (Å²) in [6, 6.07) is 21.2. The molecular formula is C28H24FIN2O4. The van der Waals surface area contributed by atoms with Crippen molar-refractivity contribution in [2.75, 3.05) is 13.7 Å². The summed E-state index contributed by atoms with van der Waals surface area (Å²) in [5.74, 6) is 0.933. The molecule has 4 aromatic rings. The molecule has 0 saturated carbocycles. The van der Waals surface area contributed by atoms with Gasteiger partial charge in [0.05, 0.1) is 29.1 Å². The third-order valence-corrected chi connectivity index (χ3v) is 6.12. The first-order valence-corrected chi connectivity index (χ1v) is 12.3. The highest BCUT2D eigenvalue weighted by Crippen LogP contribution is 2.34. The van der Waals surface area contributed by atoms with Crippen LogP contribution >= 0.6 is 22.6 Å². The Balaban J connectivity index is 1.50. The Morgan fingerprint density at radius 3 is 2.42 bits per heavy atom. The number of carbonyl (C=O) groups is 1. The van der Waals surface area contributed by atoms with Crippen LogP contribution in [-0.2, 0) is 6.61 Å². The molecule has 0 atom stereocenters. The standard InChI is InChI=1S/C28H24FIN2O4/c1-3-35-26-13-19(12-24(30)27(26)36-17-18-8-10-22(29)11-9-18)16-31-32-28(33)23-14-20-6-4-5-7-21(20)15-25(23)34-2/h4-16H,3,17H2,1-2H3,(H,32,33)/b31-16-. The lowest BCUT2D eigenvalue weighted by Gasteiger charge is -2.15. The Morgan fingerprint density at radius 1 is 1.00 bits per heavy atom. The molecule has 0 aliphatic heterocycles. The van der Waals surface area contributed by atoms with E-state index < -0.39 is 0 Å². The summed E-state index contributed by atoms with van der Waals surface area (Å²) >= 11 is 2.16. The van der Waals surface area contributed by atoms with E-state index >= 15 is 0 Å². The fourth-order valence-electron chi connectivity index (χ4n) is 3.59. The van der Waals surface area contributed by atoms with E-state index in [0.29, 0.717) is 29.4 Å².